The number of thiophene rings is 1. The highest BCUT2D eigenvalue weighted by molar-refractivity contribution is 7.17. The summed E-state index contributed by atoms with van der Waals surface area (Å²) in [6.45, 7) is 1.60. The second kappa shape index (κ2) is 7.25. The average molecular weight is 436 g/mol. The average Bonchev–Trinajstić information content (AvgIpc) is 3.56. The molecule has 2 N–H and O–H groups in total. The van der Waals surface area contributed by atoms with Crippen molar-refractivity contribution in [2.45, 2.75) is 6.92 Å². The minimum Gasteiger partial charge on any atom is -0.353 e. The van der Waals surface area contributed by atoms with Crippen LogP contribution in [0.3, 0.4) is 0 Å². The van der Waals surface area contributed by atoms with Crippen LogP contribution in [-0.4, -0.2) is 30.9 Å². The van der Waals surface area contributed by atoms with Gasteiger partial charge >= 0.3 is 0 Å². The molecule has 0 fully saturated rings. The van der Waals surface area contributed by atoms with Crippen LogP contribution < -0.4 is 0 Å². The summed E-state index contributed by atoms with van der Waals surface area (Å²) in [5, 5.41) is 9.59. The number of aromatic amines is 2. The molecule has 0 unspecified atom stereocenters. The Morgan fingerprint density at radius 2 is 1.91 bits per heavy atom. The molecule has 1 aromatic carbocycles. The van der Waals surface area contributed by atoms with Gasteiger partial charge in [-0.2, -0.15) is 5.10 Å². The van der Waals surface area contributed by atoms with Crippen LogP contribution in [0.4, 0.5) is 0 Å². The lowest BCUT2D eigenvalue weighted by molar-refractivity contribution is 0.102. The van der Waals surface area contributed by atoms with Crippen LogP contribution in [0, 0.1) is 0 Å². The van der Waals surface area contributed by atoms with Crippen LogP contribution in [0.15, 0.2) is 73.1 Å². The Hall–Kier alpha value is -4.10. The SMILES string of the molecule is CC(=O)c1ccc(-c2cccc3[nH]c(-c4n[nH]c5ncc(-c6ccccn6)cc45)cc23)s1. The number of aromatic nitrogens is 5. The normalized spacial score (nSPS) is 11.4. The molecule has 0 atom stereocenters. The van der Waals surface area contributed by atoms with E-state index in [1.807, 2.05) is 42.5 Å². The van der Waals surface area contributed by atoms with E-state index in [0.717, 1.165) is 59.9 Å². The maximum atomic E-state index is 11.7. The van der Waals surface area contributed by atoms with Crippen molar-refractivity contribution >= 4 is 39.1 Å². The van der Waals surface area contributed by atoms with Crippen LogP contribution in [0.1, 0.15) is 16.6 Å². The fourth-order valence-corrected chi connectivity index (χ4v) is 4.89. The summed E-state index contributed by atoms with van der Waals surface area (Å²) in [6.07, 6.45) is 3.58. The van der Waals surface area contributed by atoms with Gasteiger partial charge in [0.1, 0.15) is 5.69 Å². The Kier molecular flexibility index (Phi) is 4.22. The number of carbonyl (C=O) groups is 1. The summed E-state index contributed by atoms with van der Waals surface area (Å²) < 4.78 is 0. The molecule has 5 aromatic heterocycles. The first-order valence-electron chi connectivity index (χ1n) is 10.2. The topological polar surface area (TPSA) is 87.3 Å². The van der Waals surface area contributed by atoms with Gasteiger partial charge in [-0.05, 0) is 49.4 Å². The number of hydrogen-bond donors (Lipinski definition) is 2. The number of benzene rings is 1. The van der Waals surface area contributed by atoms with Gasteiger partial charge in [0.05, 0.1) is 16.3 Å². The fourth-order valence-electron chi connectivity index (χ4n) is 3.95. The van der Waals surface area contributed by atoms with E-state index in [1.165, 1.54) is 11.3 Å². The molecule has 0 saturated carbocycles. The smallest absolute Gasteiger partial charge is 0.169 e. The molecule has 7 heteroatoms. The lowest BCUT2D eigenvalue weighted by atomic mass is 10.1. The summed E-state index contributed by atoms with van der Waals surface area (Å²) in [6, 6.07) is 20.1. The fraction of sp³-hybridized carbons (Fsp3) is 0.0400. The molecule has 0 saturated heterocycles. The molecule has 0 bridgehead atoms. The highest BCUT2D eigenvalue weighted by atomic mass is 32.1. The Bertz CT molecular complexity index is 1610. The van der Waals surface area contributed by atoms with Crippen LogP contribution >= 0.6 is 11.3 Å². The number of nitrogens with zero attached hydrogens (tertiary/aromatic N) is 3. The van der Waals surface area contributed by atoms with Crippen molar-refractivity contribution in [3.8, 4) is 33.1 Å². The molecular weight excluding hydrogens is 418 g/mol. The van der Waals surface area contributed by atoms with Gasteiger partial charge in [0.2, 0.25) is 0 Å². The third-order valence-corrected chi connectivity index (χ3v) is 6.73. The Morgan fingerprint density at radius 3 is 2.72 bits per heavy atom. The van der Waals surface area contributed by atoms with Gasteiger partial charge in [0.25, 0.3) is 0 Å². The van der Waals surface area contributed by atoms with E-state index < -0.39 is 0 Å². The van der Waals surface area contributed by atoms with Crippen molar-refractivity contribution < 1.29 is 4.79 Å². The molecule has 154 valence electrons. The molecular formula is C25H17N5OS. The maximum Gasteiger partial charge on any atom is 0.169 e. The van der Waals surface area contributed by atoms with Crippen molar-refractivity contribution in [3.05, 3.63) is 77.9 Å². The van der Waals surface area contributed by atoms with E-state index in [1.54, 1.807) is 19.3 Å². The Morgan fingerprint density at radius 1 is 0.969 bits per heavy atom. The quantitative estimate of drug-likeness (QED) is 0.328. The van der Waals surface area contributed by atoms with Gasteiger partial charge in [0, 0.05) is 44.7 Å². The standard InChI is InChI=1S/C25H17N5OS/c1-14(31)22-8-9-23(32-22)16-5-4-7-20-17(16)12-21(28-20)24-18-11-15(13-27-25(18)30-29-24)19-6-2-3-10-26-19/h2-13,28H,1H3,(H,27,29,30). The van der Waals surface area contributed by atoms with E-state index in [-0.39, 0.29) is 5.78 Å². The lowest BCUT2D eigenvalue weighted by Gasteiger charge is -2.00. The number of hydrogen-bond acceptors (Lipinski definition) is 5. The van der Waals surface area contributed by atoms with Gasteiger partial charge in [-0.3, -0.25) is 14.9 Å². The minimum absolute atomic E-state index is 0.0855. The first-order valence-corrected chi connectivity index (χ1v) is 11.0. The molecule has 6 nitrogen and oxygen atoms in total. The summed E-state index contributed by atoms with van der Waals surface area (Å²) in [4.78, 5) is 26.1. The minimum atomic E-state index is 0.0855. The second-order valence-corrected chi connectivity index (χ2v) is 8.66. The predicted molar refractivity (Wildman–Crippen MR) is 128 cm³/mol. The summed E-state index contributed by atoms with van der Waals surface area (Å²) in [5.74, 6) is 0.0855. The van der Waals surface area contributed by atoms with Crippen LogP contribution in [-0.2, 0) is 0 Å². The zero-order valence-corrected chi connectivity index (χ0v) is 17.9. The van der Waals surface area contributed by atoms with Crippen molar-refractivity contribution in [1.29, 1.82) is 0 Å². The van der Waals surface area contributed by atoms with Gasteiger partial charge in [-0.25, -0.2) is 4.98 Å². The lowest BCUT2D eigenvalue weighted by Crippen LogP contribution is -1.85. The molecule has 0 aliphatic carbocycles. The number of fused-ring (bicyclic) bond motifs is 2. The number of ketones is 1. The van der Waals surface area contributed by atoms with Crippen LogP contribution in [0.5, 0.6) is 0 Å². The van der Waals surface area contributed by atoms with Crippen LogP contribution in [0.25, 0.3) is 55.0 Å². The maximum absolute atomic E-state index is 11.7. The van der Waals surface area contributed by atoms with Gasteiger partial charge < -0.3 is 4.98 Å². The van der Waals surface area contributed by atoms with Gasteiger partial charge in [-0.1, -0.05) is 18.2 Å². The first-order chi connectivity index (χ1) is 15.7. The molecule has 0 amide bonds. The molecule has 0 aliphatic heterocycles. The molecule has 32 heavy (non-hydrogen) atoms. The monoisotopic (exact) mass is 435 g/mol. The number of rotatable bonds is 4. The predicted octanol–water partition coefficient (Wildman–Crippen LogP) is 6.10. The summed E-state index contributed by atoms with van der Waals surface area (Å²) >= 11 is 1.52. The van der Waals surface area contributed by atoms with E-state index in [9.17, 15) is 4.79 Å². The highest BCUT2D eigenvalue weighted by Crippen LogP contribution is 2.37. The molecule has 0 spiro atoms. The first kappa shape index (κ1) is 18.7. The third-order valence-electron chi connectivity index (χ3n) is 5.51. The van der Waals surface area contributed by atoms with Crippen LogP contribution in [0.2, 0.25) is 0 Å². The Balaban J connectivity index is 1.49. The zero-order chi connectivity index (χ0) is 21.7. The number of H-pyrrole nitrogens is 2. The zero-order valence-electron chi connectivity index (χ0n) is 17.1. The van der Waals surface area contributed by atoms with Crippen molar-refractivity contribution in [2.75, 3.05) is 0 Å². The Labute approximate surface area is 187 Å². The highest BCUT2D eigenvalue weighted by Gasteiger charge is 2.16. The van der Waals surface area contributed by atoms with Gasteiger partial charge in [0.15, 0.2) is 11.4 Å². The molecule has 6 aromatic rings. The van der Waals surface area contributed by atoms with E-state index in [2.05, 4.69) is 43.3 Å². The molecule has 0 aliphatic rings. The summed E-state index contributed by atoms with van der Waals surface area (Å²) in [7, 11) is 0. The number of nitrogens with one attached hydrogen (secondary N) is 2. The molecule has 5 heterocycles. The van der Waals surface area contributed by atoms with Crippen molar-refractivity contribution in [3.63, 3.8) is 0 Å². The molecule has 6 rings (SSSR count). The van der Waals surface area contributed by atoms with E-state index >= 15 is 0 Å². The van der Waals surface area contributed by atoms with Gasteiger partial charge in [-0.15, -0.1) is 11.3 Å². The third kappa shape index (κ3) is 3.02. The van der Waals surface area contributed by atoms with E-state index in [0.29, 0.717) is 0 Å². The summed E-state index contributed by atoms with van der Waals surface area (Å²) in [5.41, 5.74) is 6.35. The number of pyridine rings is 2. The van der Waals surface area contributed by atoms with Crippen molar-refractivity contribution in [1.82, 2.24) is 25.1 Å². The molecule has 0 radical (unpaired) electrons. The van der Waals surface area contributed by atoms with E-state index in [4.69, 9.17) is 0 Å². The van der Waals surface area contributed by atoms with Crippen molar-refractivity contribution in [2.24, 2.45) is 0 Å². The largest absolute Gasteiger partial charge is 0.353 e. The number of carbonyl (C=O) groups excluding carboxylic acids is 1. The number of Topliss-reactive ketones (excluding diaryl/α,β-unsaturated/α-hetero) is 1. The second-order valence-electron chi connectivity index (χ2n) is 7.58.